The number of rotatable bonds is 5. The Balaban J connectivity index is 2.40. The zero-order valence-electron chi connectivity index (χ0n) is 13.8. The van der Waals surface area contributed by atoms with Crippen LogP contribution in [-0.4, -0.2) is 30.2 Å². The molecule has 1 saturated carbocycles. The van der Waals surface area contributed by atoms with E-state index in [-0.39, 0.29) is 18.0 Å². The van der Waals surface area contributed by atoms with Crippen LogP contribution in [0.1, 0.15) is 59.8 Å². The molecule has 1 aliphatic rings. The lowest BCUT2D eigenvalue weighted by Gasteiger charge is -2.35. The zero-order chi connectivity index (χ0) is 16.1. The van der Waals surface area contributed by atoms with E-state index >= 15 is 0 Å². The summed E-state index contributed by atoms with van der Waals surface area (Å²) in [6.45, 7) is 9.33. The fourth-order valence-corrected chi connectivity index (χ4v) is 2.64. The van der Waals surface area contributed by atoms with E-state index in [1.807, 2.05) is 0 Å². The standard InChI is InChI=1S/C16H30N2O3/c1-12-5-7-16(8-6-12,13(19)20)11-18-14(21)17-10-9-15(2,3)4/h12H,5-11H2,1-4H3,(H,19,20)(H2,17,18,21). The molecule has 5 nitrogen and oxygen atoms in total. The highest BCUT2D eigenvalue weighted by atomic mass is 16.4. The molecule has 1 fully saturated rings. The van der Waals surface area contributed by atoms with Crippen LogP contribution in [0, 0.1) is 16.7 Å². The molecule has 0 saturated heterocycles. The molecule has 0 aliphatic heterocycles. The van der Waals surface area contributed by atoms with Gasteiger partial charge in [0.2, 0.25) is 0 Å². The Kier molecular flexibility index (Phi) is 6.05. The van der Waals surface area contributed by atoms with Gasteiger partial charge in [0, 0.05) is 13.1 Å². The monoisotopic (exact) mass is 298 g/mol. The van der Waals surface area contributed by atoms with E-state index in [2.05, 4.69) is 38.3 Å². The van der Waals surface area contributed by atoms with Crippen LogP contribution >= 0.6 is 0 Å². The van der Waals surface area contributed by atoms with Crippen LogP contribution in [0.25, 0.3) is 0 Å². The molecular formula is C16H30N2O3. The van der Waals surface area contributed by atoms with Crippen molar-refractivity contribution in [2.75, 3.05) is 13.1 Å². The van der Waals surface area contributed by atoms with Crippen molar-refractivity contribution in [3.8, 4) is 0 Å². The van der Waals surface area contributed by atoms with Crippen molar-refractivity contribution < 1.29 is 14.7 Å². The van der Waals surface area contributed by atoms with Crippen LogP contribution in [0.15, 0.2) is 0 Å². The molecule has 3 N–H and O–H groups in total. The Morgan fingerprint density at radius 1 is 1.19 bits per heavy atom. The summed E-state index contributed by atoms with van der Waals surface area (Å²) in [5, 5.41) is 15.0. The van der Waals surface area contributed by atoms with Gasteiger partial charge in [0.15, 0.2) is 0 Å². The second-order valence-corrected chi connectivity index (χ2v) is 7.69. The third-order valence-corrected chi connectivity index (χ3v) is 4.43. The summed E-state index contributed by atoms with van der Waals surface area (Å²) < 4.78 is 0. The molecule has 0 atom stereocenters. The smallest absolute Gasteiger partial charge is 0.314 e. The number of carboxylic acids is 1. The van der Waals surface area contributed by atoms with Crippen LogP contribution in [0.2, 0.25) is 0 Å². The first-order valence-electron chi connectivity index (χ1n) is 7.90. The second kappa shape index (κ2) is 7.14. The molecule has 5 heteroatoms. The van der Waals surface area contributed by atoms with Crippen molar-refractivity contribution in [1.82, 2.24) is 10.6 Å². The molecule has 0 aromatic rings. The van der Waals surface area contributed by atoms with Gasteiger partial charge >= 0.3 is 12.0 Å². The van der Waals surface area contributed by atoms with Gasteiger partial charge in [-0.3, -0.25) is 4.79 Å². The van der Waals surface area contributed by atoms with Gasteiger partial charge in [-0.2, -0.15) is 0 Å². The number of aliphatic carboxylic acids is 1. The molecule has 1 rings (SSSR count). The maximum absolute atomic E-state index is 11.8. The maximum Gasteiger partial charge on any atom is 0.314 e. The van der Waals surface area contributed by atoms with E-state index in [1.165, 1.54) is 0 Å². The van der Waals surface area contributed by atoms with Crippen LogP contribution in [0.4, 0.5) is 4.79 Å². The van der Waals surface area contributed by atoms with Crippen molar-refractivity contribution in [2.24, 2.45) is 16.7 Å². The molecular weight excluding hydrogens is 268 g/mol. The molecule has 0 bridgehead atoms. The molecule has 0 heterocycles. The summed E-state index contributed by atoms with van der Waals surface area (Å²) in [5.74, 6) is -0.206. The first-order chi connectivity index (χ1) is 9.65. The maximum atomic E-state index is 11.8. The number of amides is 2. The van der Waals surface area contributed by atoms with Crippen molar-refractivity contribution in [2.45, 2.75) is 59.8 Å². The number of carbonyl (C=O) groups is 2. The van der Waals surface area contributed by atoms with Gasteiger partial charge in [0.05, 0.1) is 5.41 Å². The summed E-state index contributed by atoms with van der Waals surface area (Å²) in [6.07, 6.45) is 4.01. The minimum Gasteiger partial charge on any atom is -0.481 e. The van der Waals surface area contributed by atoms with Crippen LogP contribution in [0.3, 0.4) is 0 Å². The van der Waals surface area contributed by atoms with E-state index in [0.29, 0.717) is 25.3 Å². The Labute approximate surface area is 127 Å². The van der Waals surface area contributed by atoms with E-state index in [1.54, 1.807) is 0 Å². The van der Waals surface area contributed by atoms with E-state index in [0.717, 1.165) is 19.3 Å². The minimum absolute atomic E-state index is 0.176. The predicted molar refractivity (Wildman–Crippen MR) is 83.2 cm³/mol. The Morgan fingerprint density at radius 3 is 2.24 bits per heavy atom. The summed E-state index contributed by atoms with van der Waals surface area (Å²) in [4.78, 5) is 23.4. The highest BCUT2D eigenvalue weighted by Crippen LogP contribution is 2.38. The molecule has 0 aromatic carbocycles. The van der Waals surface area contributed by atoms with Gasteiger partial charge in [0.25, 0.3) is 0 Å². The number of nitrogens with one attached hydrogen (secondary N) is 2. The Hall–Kier alpha value is -1.26. The molecule has 0 radical (unpaired) electrons. The second-order valence-electron chi connectivity index (χ2n) is 7.69. The van der Waals surface area contributed by atoms with Crippen molar-refractivity contribution in [1.29, 1.82) is 0 Å². The number of hydrogen-bond acceptors (Lipinski definition) is 2. The molecule has 1 aliphatic carbocycles. The normalized spacial score (nSPS) is 26.2. The quantitative estimate of drug-likeness (QED) is 0.730. The van der Waals surface area contributed by atoms with Gasteiger partial charge in [-0.05, 0) is 43.4 Å². The first-order valence-corrected chi connectivity index (χ1v) is 7.90. The van der Waals surface area contributed by atoms with E-state index in [4.69, 9.17) is 0 Å². The van der Waals surface area contributed by atoms with Gasteiger partial charge in [-0.25, -0.2) is 4.79 Å². The molecule has 21 heavy (non-hydrogen) atoms. The average molecular weight is 298 g/mol. The van der Waals surface area contributed by atoms with Crippen LogP contribution < -0.4 is 10.6 Å². The lowest BCUT2D eigenvalue weighted by molar-refractivity contribution is -0.151. The van der Waals surface area contributed by atoms with Crippen molar-refractivity contribution in [3.05, 3.63) is 0 Å². The van der Waals surface area contributed by atoms with Gasteiger partial charge in [-0.1, -0.05) is 27.7 Å². The average Bonchev–Trinajstić information content (AvgIpc) is 2.36. The lowest BCUT2D eigenvalue weighted by Crippen LogP contribution is -2.48. The first kappa shape index (κ1) is 17.8. The summed E-state index contributed by atoms with van der Waals surface area (Å²) in [6, 6.07) is -0.265. The third kappa shape index (κ3) is 5.94. The molecule has 0 unspecified atom stereocenters. The molecule has 0 spiro atoms. The van der Waals surface area contributed by atoms with Gasteiger partial charge < -0.3 is 15.7 Å². The number of carboxylic acid groups (broad SMARTS) is 1. The fourth-order valence-electron chi connectivity index (χ4n) is 2.64. The molecule has 122 valence electrons. The van der Waals surface area contributed by atoms with Crippen molar-refractivity contribution >= 4 is 12.0 Å². The van der Waals surface area contributed by atoms with Crippen LogP contribution in [0.5, 0.6) is 0 Å². The molecule has 2 amide bonds. The summed E-state index contributed by atoms with van der Waals surface area (Å²) >= 11 is 0. The van der Waals surface area contributed by atoms with E-state index < -0.39 is 11.4 Å². The summed E-state index contributed by atoms with van der Waals surface area (Å²) in [7, 11) is 0. The van der Waals surface area contributed by atoms with Gasteiger partial charge in [-0.15, -0.1) is 0 Å². The predicted octanol–water partition coefficient (Wildman–Crippen LogP) is 3.00. The zero-order valence-corrected chi connectivity index (χ0v) is 13.8. The molecule has 0 aromatic heterocycles. The largest absolute Gasteiger partial charge is 0.481 e. The number of hydrogen-bond donors (Lipinski definition) is 3. The van der Waals surface area contributed by atoms with Gasteiger partial charge in [0.1, 0.15) is 0 Å². The highest BCUT2D eigenvalue weighted by molar-refractivity contribution is 5.78. The summed E-state index contributed by atoms with van der Waals surface area (Å²) in [5.41, 5.74) is -0.608. The number of urea groups is 1. The Bertz CT molecular complexity index is 366. The van der Waals surface area contributed by atoms with E-state index in [9.17, 15) is 14.7 Å². The lowest BCUT2D eigenvalue weighted by atomic mass is 9.71. The highest BCUT2D eigenvalue weighted by Gasteiger charge is 2.41. The van der Waals surface area contributed by atoms with Crippen molar-refractivity contribution in [3.63, 3.8) is 0 Å². The topological polar surface area (TPSA) is 78.4 Å². The van der Waals surface area contributed by atoms with Crippen LogP contribution in [-0.2, 0) is 4.79 Å². The fraction of sp³-hybridized carbons (Fsp3) is 0.875. The Morgan fingerprint density at radius 2 is 1.76 bits per heavy atom. The minimum atomic E-state index is -0.788. The number of carbonyl (C=O) groups excluding carboxylic acids is 1. The third-order valence-electron chi connectivity index (χ3n) is 4.43. The SMILES string of the molecule is CC1CCC(CNC(=O)NCCC(C)(C)C)(C(=O)O)CC1.